The normalized spacial score (nSPS) is 11.0. The molecule has 0 heterocycles. The molecule has 29 heavy (non-hydrogen) atoms. The largest absolute Gasteiger partial charge is 0.363 e. The van der Waals surface area contributed by atoms with E-state index in [1.807, 2.05) is 6.07 Å². The highest BCUT2D eigenvalue weighted by molar-refractivity contribution is 7.34. The van der Waals surface area contributed by atoms with Crippen LogP contribution < -0.4 is 5.30 Å². The fraction of sp³-hybridized carbons (Fsp3) is 0. The van der Waals surface area contributed by atoms with Gasteiger partial charge in [-0.1, -0.05) is 41.0 Å². The van der Waals surface area contributed by atoms with Gasteiger partial charge < -0.3 is 0 Å². The first-order valence-electron chi connectivity index (χ1n) is 8.90. The van der Waals surface area contributed by atoms with Crippen LogP contribution in [0.4, 0.5) is 13.2 Å². The molecule has 0 fully saturated rings. The lowest BCUT2D eigenvalue weighted by Crippen LogP contribution is -2.03. The second kappa shape index (κ2) is 8.02. The highest BCUT2D eigenvalue weighted by atomic mass is 31.1. The number of halogens is 3. The molecular weight excluding hydrogens is 392 g/mol. The second-order valence-corrected chi connectivity index (χ2v) is 7.28. The van der Waals surface area contributed by atoms with Gasteiger partial charge in [0.2, 0.25) is 0 Å². The van der Waals surface area contributed by atoms with E-state index in [0.717, 1.165) is 16.7 Å². The fourth-order valence-electron chi connectivity index (χ4n) is 3.39. The van der Waals surface area contributed by atoms with E-state index < -0.39 is 8.46 Å². The molecule has 0 aliphatic carbocycles. The zero-order valence-electron chi connectivity index (χ0n) is 15.1. The van der Waals surface area contributed by atoms with E-state index in [1.165, 1.54) is 36.4 Å². The van der Waals surface area contributed by atoms with Crippen LogP contribution in [0, 0.1) is 17.5 Å². The molecule has 1 unspecified atom stereocenters. The van der Waals surface area contributed by atoms with Gasteiger partial charge in [0, 0.05) is 11.1 Å². The van der Waals surface area contributed by atoms with E-state index in [1.54, 1.807) is 42.5 Å². The lowest BCUT2D eigenvalue weighted by Gasteiger charge is -2.16. The van der Waals surface area contributed by atoms with Gasteiger partial charge in [-0.25, -0.2) is 13.2 Å². The van der Waals surface area contributed by atoms with Crippen molar-refractivity contribution in [2.45, 2.75) is 0 Å². The molecule has 0 spiro atoms. The first-order chi connectivity index (χ1) is 14.1. The Balaban J connectivity index is 2.07. The summed E-state index contributed by atoms with van der Waals surface area (Å²) in [5, 5.41) is 0.571. The molecule has 0 aliphatic heterocycles. The molecule has 0 aliphatic rings. The molecule has 142 valence electrons. The standard InChI is InChI=1S/C24H14F3OP/c25-18-7-1-15(2-8-18)21-13-14-22(29-28)24(17-5-11-20(27)12-6-17)23(21)16-3-9-19(26)10-4-16/h1-14H/p+1. The van der Waals surface area contributed by atoms with Gasteiger partial charge in [-0.2, -0.15) is 0 Å². The smallest absolute Gasteiger partial charge is 0.207 e. The quantitative estimate of drug-likeness (QED) is 0.342. The summed E-state index contributed by atoms with van der Waals surface area (Å²) in [6.07, 6.45) is 0. The zero-order valence-corrected chi connectivity index (χ0v) is 16.1. The second-order valence-electron chi connectivity index (χ2n) is 6.53. The van der Waals surface area contributed by atoms with Gasteiger partial charge in [-0.3, -0.25) is 0 Å². The average molecular weight is 407 g/mol. The topological polar surface area (TPSA) is 17.1 Å². The third-order valence-electron chi connectivity index (χ3n) is 4.74. The van der Waals surface area contributed by atoms with E-state index in [0.29, 0.717) is 22.0 Å². The molecule has 0 bridgehead atoms. The molecule has 0 aromatic heterocycles. The Morgan fingerprint density at radius 1 is 0.483 bits per heavy atom. The predicted octanol–water partition coefficient (Wildman–Crippen LogP) is 6.75. The van der Waals surface area contributed by atoms with E-state index in [9.17, 15) is 17.7 Å². The third kappa shape index (κ3) is 3.85. The van der Waals surface area contributed by atoms with Crippen LogP contribution in [0.2, 0.25) is 0 Å². The Bertz CT molecular complexity index is 1170. The molecule has 0 saturated heterocycles. The van der Waals surface area contributed by atoms with Crippen LogP contribution in [0.15, 0.2) is 84.9 Å². The van der Waals surface area contributed by atoms with Crippen LogP contribution in [-0.2, 0) is 4.57 Å². The molecule has 1 nitrogen and oxygen atoms in total. The average Bonchev–Trinajstić information content (AvgIpc) is 2.75. The summed E-state index contributed by atoms with van der Waals surface area (Å²) >= 11 is 0. The van der Waals surface area contributed by atoms with Crippen LogP contribution in [0.3, 0.4) is 0 Å². The lowest BCUT2D eigenvalue weighted by atomic mass is 9.87. The molecule has 4 aromatic carbocycles. The first-order valence-corrected chi connectivity index (χ1v) is 9.80. The maximum Gasteiger partial charge on any atom is 0.363 e. The Labute approximate surface area is 167 Å². The number of benzene rings is 4. The van der Waals surface area contributed by atoms with Crippen molar-refractivity contribution in [2.24, 2.45) is 0 Å². The van der Waals surface area contributed by atoms with Crippen LogP contribution in [0.1, 0.15) is 0 Å². The van der Waals surface area contributed by atoms with Gasteiger partial charge in [-0.05, 0) is 70.8 Å². The van der Waals surface area contributed by atoms with Crippen LogP contribution in [0.5, 0.6) is 0 Å². The Morgan fingerprint density at radius 2 is 0.897 bits per heavy atom. The van der Waals surface area contributed by atoms with Crippen molar-refractivity contribution in [2.75, 3.05) is 0 Å². The van der Waals surface area contributed by atoms with Crippen LogP contribution in [-0.4, -0.2) is 0 Å². The van der Waals surface area contributed by atoms with Crippen molar-refractivity contribution in [1.29, 1.82) is 0 Å². The van der Waals surface area contributed by atoms with Crippen molar-refractivity contribution < 1.29 is 17.7 Å². The predicted molar refractivity (Wildman–Crippen MR) is 111 cm³/mol. The zero-order chi connectivity index (χ0) is 20.4. The van der Waals surface area contributed by atoms with Crippen molar-refractivity contribution >= 4 is 13.8 Å². The summed E-state index contributed by atoms with van der Waals surface area (Å²) in [5.41, 5.74) is 4.34. The summed E-state index contributed by atoms with van der Waals surface area (Å²) in [7, 11) is -0.735. The summed E-state index contributed by atoms with van der Waals surface area (Å²) < 4.78 is 52.5. The lowest BCUT2D eigenvalue weighted by molar-refractivity contribution is 0.603. The van der Waals surface area contributed by atoms with Crippen molar-refractivity contribution in [3.8, 4) is 33.4 Å². The van der Waals surface area contributed by atoms with Gasteiger partial charge in [0.1, 0.15) is 17.5 Å². The first kappa shape index (κ1) is 19.1. The summed E-state index contributed by atoms with van der Waals surface area (Å²) in [5.74, 6) is -1.10. The van der Waals surface area contributed by atoms with E-state index in [-0.39, 0.29) is 17.5 Å². The maximum atomic E-state index is 13.6. The van der Waals surface area contributed by atoms with Gasteiger partial charge in [0.05, 0.1) is 0 Å². The number of hydrogen-bond acceptors (Lipinski definition) is 1. The van der Waals surface area contributed by atoms with E-state index in [2.05, 4.69) is 0 Å². The monoisotopic (exact) mass is 407 g/mol. The van der Waals surface area contributed by atoms with Crippen molar-refractivity contribution in [3.63, 3.8) is 0 Å². The molecular formula is C24H15F3OP+. The summed E-state index contributed by atoms with van der Waals surface area (Å²) in [4.78, 5) is 0. The minimum atomic E-state index is -0.735. The summed E-state index contributed by atoms with van der Waals surface area (Å²) in [6, 6.07) is 21.5. The van der Waals surface area contributed by atoms with Crippen LogP contribution >= 0.6 is 8.46 Å². The molecule has 1 atom stereocenters. The van der Waals surface area contributed by atoms with Gasteiger partial charge in [0.15, 0.2) is 5.30 Å². The SMILES string of the molecule is O=[PH+]c1ccc(-c2ccc(F)cc2)c(-c2ccc(F)cc2)c1-c1ccc(F)cc1. The highest BCUT2D eigenvalue weighted by Crippen LogP contribution is 2.40. The maximum absolute atomic E-state index is 13.6. The number of rotatable bonds is 4. The molecule has 0 N–H and O–H groups in total. The third-order valence-corrected chi connectivity index (χ3v) is 5.37. The molecule has 0 saturated carbocycles. The molecule has 0 amide bonds. The van der Waals surface area contributed by atoms with Gasteiger partial charge in [-0.15, -0.1) is 0 Å². The fourth-order valence-corrected chi connectivity index (χ4v) is 3.91. The minimum Gasteiger partial charge on any atom is -0.207 e. The van der Waals surface area contributed by atoms with Crippen molar-refractivity contribution in [1.82, 2.24) is 0 Å². The van der Waals surface area contributed by atoms with Crippen molar-refractivity contribution in [3.05, 3.63) is 102 Å². The van der Waals surface area contributed by atoms with Gasteiger partial charge >= 0.3 is 8.46 Å². The van der Waals surface area contributed by atoms with Crippen LogP contribution in [0.25, 0.3) is 33.4 Å². The van der Waals surface area contributed by atoms with E-state index >= 15 is 0 Å². The molecule has 4 rings (SSSR count). The highest BCUT2D eigenvalue weighted by Gasteiger charge is 2.22. The molecule has 4 aromatic rings. The molecule has 0 radical (unpaired) electrons. The molecule has 5 heteroatoms. The van der Waals surface area contributed by atoms with E-state index in [4.69, 9.17) is 0 Å². The van der Waals surface area contributed by atoms with Gasteiger partial charge in [0.25, 0.3) is 0 Å². The Morgan fingerprint density at radius 3 is 1.34 bits per heavy atom. The Kier molecular flexibility index (Phi) is 5.28. The Hall–Kier alpha value is -3.23. The minimum absolute atomic E-state index is 0.353. The number of hydrogen-bond donors (Lipinski definition) is 0. The summed E-state index contributed by atoms with van der Waals surface area (Å²) in [6.45, 7) is 0.